The molecule has 0 aromatic carbocycles. The fourth-order valence-corrected chi connectivity index (χ4v) is 2.64. The van der Waals surface area contributed by atoms with Crippen LogP contribution < -0.4 is 0 Å². The van der Waals surface area contributed by atoms with Crippen molar-refractivity contribution >= 4 is 5.97 Å². The van der Waals surface area contributed by atoms with Crippen molar-refractivity contribution in [2.75, 3.05) is 19.7 Å². The molecule has 1 aliphatic heterocycles. The lowest BCUT2D eigenvalue weighted by Gasteiger charge is -2.40. The third-order valence-corrected chi connectivity index (χ3v) is 4.01. The Morgan fingerprint density at radius 2 is 1.79 bits per heavy atom. The van der Waals surface area contributed by atoms with Crippen LogP contribution in [0.5, 0.6) is 0 Å². The molecule has 0 atom stereocenters. The van der Waals surface area contributed by atoms with E-state index in [-0.39, 0.29) is 0 Å². The predicted octanol–water partition coefficient (Wildman–Crippen LogP) is 2.20. The zero-order valence-corrected chi connectivity index (χ0v) is 12.8. The van der Waals surface area contributed by atoms with Crippen LogP contribution in [-0.4, -0.2) is 47.3 Å². The highest BCUT2D eigenvalue weighted by molar-refractivity contribution is 5.79. The van der Waals surface area contributed by atoms with Crippen LogP contribution in [0.15, 0.2) is 0 Å². The Labute approximate surface area is 117 Å². The number of esters is 1. The van der Waals surface area contributed by atoms with Crippen molar-refractivity contribution in [2.45, 2.75) is 65.0 Å². The molecule has 1 heterocycles. The van der Waals surface area contributed by atoms with Crippen molar-refractivity contribution in [1.82, 2.24) is 4.90 Å². The third kappa shape index (κ3) is 4.46. The van der Waals surface area contributed by atoms with Gasteiger partial charge in [0.25, 0.3) is 0 Å². The Morgan fingerprint density at radius 3 is 2.21 bits per heavy atom. The van der Waals surface area contributed by atoms with Crippen LogP contribution >= 0.6 is 0 Å². The molecule has 1 aliphatic rings. The molecule has 1 fully saturated rings. The van der Waals surface area contributed by atoms with Crippen LogP contribution in [0.1, 0.15) is 53.4 Å². The van der Waals surface area contributed by atoms with Gasteiger partial charge in [-0.3, -0.25) is 0 Å². The molecule has 19 heavy (non-hydrogen) atoms. The summed E-state index contributed by atoms with van der Waals surface area (Å²) >= 11 is 0. The fraction of sp³-hybridized carbons (Fsp3) is 0.933. The molecule has 0 bridgehead atoms. The van der Waals surface area contributed by atoms with E-state index in [1.54, 1.807) is 0 Å². The average molecular weight is 271 g/mol. The topological polar surface area (TPSA) is 49.8 Å². The first kappa shape index (κ1) is 16.4. The largest absolute Gasteiger partial charge is 0.463 e. The van der Waals surface area contributed by atoms with Gasteiger partial charge in [-0.2, -0.15) is 0 Å². The van der Waals surface area contributed by atoms with E-state index >= 15 is 0 Å². The van der Waals surface area contributed by atoms with Gasteiger partial charge in [0.05, 0.1) is 6.61 Å². The van der Waals surface area contributed by atoms with Gasteiger partial charge >= 0.3 is 5.97 Å². The summed E-state index contributed by atoms with van der Waals surface area (Å²) < 4.78 is 5.19. The molecule has 1 N–H and O–H groups in total. The molecule has 1 saturated heterocycles. The Bertz CT molecular complexity index is 279. The zero-order valence-electron chi connectivity index (χ0n) is 12.8. The van der Waals surface area contributed by atoms with E-state index in [0.29, 0.717) is 31.4 Å². The maximum absolute atomic E-state index is 11.9. The van der Waals surface area contributed by atoms with E-state index in [0.717, 1.165) is 25.9 Å². The van der Waals surface area contributed by atoms with Gasteiger partial charge in [0.15, 0.2) is 5.60 Å². The minimum absolute atomic E-state index is 0.303. The summed E-state index contributed by atoms with van der Waals surface area (Å²) in [5.41, 5.74) is -1.27. The van der Waals surface area contributed by atoms with Crippen molar-refractivity contribution in [3.8, 4) is 0 Å². The lowest BCUT2D eigenvalue weighted by atomic mass is 9.90. The van der Waals surface area contributed by atoms with E-state index < -0.39 is 11.6 Å². The molecule has 0 aromatic heterocycles. The average Bonchev–Trinajstić information content (AvgIpc) is 2.39. The fourth-order valence-electron chi connectivity index (χ4n) is 2.64. The van der Waals surface area contributed by atoms with Crippen LogP contribution in [0, 0.1) is 5.92 Å². The Balaban J connectivity index is 2.48. The van der Waals surface area contributed by atoms with Gasteiger partial charge in [0.2, 0.25) is 0 Å². The first-order valence-corrected chi connectivity index (χ1v) is 7.56. The molecule has 4 nitrogen and oxygen atoms in total. The number of rotatable bonds is 6. The third-order valence-electron chi connectivity index (χ3n) is 4.01. The monoisotopic (exact) mass is 271 g/mol. The van der Waals surface area contributed by atoms with Gasteiger partial charge < -0.3 is 14.7 Å². The maximum Gasteiger partial charge on any atom is 0.338 e. The van der Waals surface area contributed by atoms with Gasteiger partial charge in [-0.1, -0.05) is 27.7 Å². The van der Waals surface area contributed by atoms with E-state index in [1.165, 1.54) is 0 Å². The number of hydrogen-bond acceptors (Lipinski definition) is 4. The van der Waals surface area contributed by atoms with E-state index in [9.17, 15) is 9.90 Å². The molecule has 0 unspecified atom stereocenters. The van der Waals surface area contributed by atoms with Gasteiger partial charge in [0, 0.05) is 19.1 Å². The summed E-state index contributed by atoms with van der Waals surface area (Å²) in [4.78, 5) is 14.3. The second kappa shape index (κ2) is 7.25. The summed E-state index contributed by atoms with van der Waals surface area (Å²) in [5.74, 6) is -0.136. The Hall–Kier alpha value is -0.610. The molecule has 0 aromatic rings. The van der Waals surface area contributed by atoms with Crippen LogP contribution in [0.3, 0.4) is 0 Å². The second-order valence-corrected chi connectivity index (χ2v) is 6.03. The number of likely N-dealkylation sites (tertiary alicyclic amines) is 1. The molecule has 0 radical (unpaired) electrons. The summed E-state index contributed by atoms with van der Waals surface area (Å²) in [7, 11) is 0. The number of carbonyl (C=O) groups is 1. The number of ether oxygens (including phenoxy) is 1. The molecule has 1 rings (SSSR count). The maximum atomic E-state index is 11.9. The van der Waals surface area contributed by atoms with Gasteiger partial charge in [0.1, 0.15) is 0 Å². The number of carbonyl (C=O) groups excluding carboxylic acids is 1. The van der Waals surface area contributed by atoms with Crippen molar-refractivity contribution < 1.29 is 14.6 Å². The normalized spacial score (nSPS) is 19.9. The zero-order chi connectivity index (χ0) is 14.5. The summed E-state index contributed by atoms with van der Waals surface area (Å²) in [6.45, 7) is 10.3. The molecular formula is C15H29NO3. The highest BCUT2D eigenvalue weighted by Crippen LogP contribution is 2.26. The Morgan fingerprint density at radius 1 is 1.26 bits per heavy atom. The van der Waals surface area contributed by atoms with Crippen LogP contribution in [0.4, 0.5) is 0 Å². The smallest absolute Gasteiger partial charge is 0.338 e. The van der Waals surface area contributed by atoms with Crippen molar-refractivity contribution in [3.05, 3.63) is 0 Å². The van der Waals surface area contributed by atoms with Gasteiger partial charge in [-0.15, -0.1) is 0 Å². The number of nitrogens with zero attached hydrogens (tertiary/aromatic N) is 1. The summed E-state index contributed by atoms with van der Waals surface area (Å²) in [6.07, 6.45) is 3.21. The van der Waals surface area contributed by atoms with E-state index in [4.69, 9.17) is 4.74 Å². The molecule has 0 aliphatic carbocycles. The highest BCUT2D eigenvalue weighted by Gasteiger charge is 2.41. The predicted molar refractivity (Wildman–Crippen MR) is 75.9 cm³/mol. The number of aliphatic hydroxyl groups is 1. The quantitative estimate of drug-likeness (QED) is 0.752. The molecule has 0 spiro atoms. The molecule has 0 saturated carbocycles. The molecule has 112 valence electrons. The second-order valence-electron chi connectivity index (χ2n) is 6.03. The molecule has 0 amide bonds. The standard InChI is InChI=1S/C15H29NO3/c1-5-13(6-2)16-9-7-15(18,8-10-16)14(17)19-11-12(3)4/h12-13,18H,5-11H2,1-4H3. The summed E-state index contributed by atoms with van der Waals surface area (Å²) in [5, 5.41) is 10.4. The van der Waals surface area contributed by atoms with E-state index in [2.05, 4.69) is 18.7 Å². The summed E-state index contributed by atoms with van der Waals surface area (Å²) in [6, 6.07) is 0.566. The van der Waals surface area contributed by atoms with Crippen LogP contribution in [0.25, 0.3) is 0 Å². The number of hydrogen-bond donors (Lipinski definition) is 1. The molecule has 4 heteroatoms. The SMILES string of the molecule is CCC(CC)N1CCC(O)(C(=O)OCC(C)C)CC1. The van der Waals surface area contributed by atoms with Gasteiger partial charge in [-0.25, -0.2) is 4.79 Å². The first-order chi connectivity index (χ1) is 8.92. The molecular weight excluding hydrogens is 242 g/mol. The lowest BCUT2D eigenvalue weighted by molar-refractivity contribution is -0.172. The van der Waals surface area contributed by atoms with E-state index in [1.807, 2.05) is 13.8 Å². The van der Waals surface area contributed by atoms with Crippen molar-refractivity contribution in [2.24, 2.45) is 5.92 Å². The highest BCUT2D eigenvalue weighted by atomic mass is 16.5. The first-order valence-electron chi connectivity index (χ1n) is 7.56. The van der Waals surface area contributed by atoms with Crippen molar-refractivity contribution in [3.63, 3.8) is 0 Å². The van der Waals surface area contributed by atoms with Crippen LogP contribution in [0.2, 0.25) is 0 Å². The van der Waals surface area contributed by atoms with Crippen molar-refractivity contribution in [1.29, 1.82) is 0 Å². The van der Waals surface area contributed by atoms with Gasteiger partial charge in [-0.05, 0) is 31.6 Å². The Kier molecular flexibility index (Phi) is 6.27. The lowest BCUT2D eigenvalue weighted by Crippen LogP contribution is -2.52. The minimum Gasteiger partial charge on any atom is -0.463 e. The minimum atomic E-state index is -1.27. The van der Waals surface area contributed by atoms with Crippen LogP contribution in [-0.2, 0) is 9.53 Å². The number of piperidine rings is 1.